The second-order valence-electron chi connectivity index (χ2n) is 6.39. The summed E-state index contributed by atoms with van der Waals surface area (Å²) in [5, 5.41) is 24.9. The van der Waals surface area contributed by atoms with E-state index in [0.29, 0.717) is 5.69 Å². The molecule has 3 rings (SSSR count). The summed E-state index contributed by atoms with van der Waals surface area (Å²) in [5.74, 6) is -0.962. The molecule has 1 amide bonds. The molecular weight excluding hydrogens is 366 g/mol. The van der Waals surface area contributed by atoms with Gasteiger partial charge in [0, 0.05) is 31.3 Å². The predicted molar refractivity (Wildman–Crippen MR) is 97.9 cm³/mol. The minimum absolute atomic E-state index is 0.0242. The lowest BCUT2D eigenvalue weighted by atomic mass is 10.2. The van der Waals surface area contributed by atoms with Gasteiger partial charge in [0.2, 0.25) is 17.6 Å². The first-order valence-corrected chi connectivity index (χ1v) is 8.56. The van der Waals surface area contributed by atoms with Gasteiger partial charge in [-0.2, -0.15) is 4.98 Å². The molecule has 0 saturated heterocycles. The summed E-state index contributed by atoms with van der Waals surface area (Å²) in [4.78, 5) is 31.7. The highest BCUT2D eigenvalue weighted by atomic mass is 16.5. The van der Waals surface area contributed by atoms with Crippen LogP contribution in [-0.4, -0.2) is 41.8 Å². The Morgan fingerprint density at radius 3 is 2.71 bits per heavy atom. The Labute approximate surface area is 159 Å². The molecule has 10 nitrogen and oxygen atoms in total. The number of nitrogens with zero attached hydrogens (tertiary/aromatic N) is 4. The number of aryl methyl sites for hydroxylation is 1. The largest absolute Gasteiger partial charge is 0.506 e. The van der Waals surface area contributed by atoms with Crippen LogP contribution in [0.3, 0.4) is 0 Å². The Balaban J connectivity index is 1.62. The molecule has 10 heteroatoms. The highest BCUT2D eigenvalue weighted by Crippen LogP contribution is 2.21. The lowest BCUT2D eigenvalue weighted by Crippen LogP contribution is -2.14. The van der Waals surface area contributed by atoms with Gasteiger partial charge >= 0.3 is 5.97 Å². The summed E-state index contributed by atoms with van der Waals surface area (Å²) < 4.78 is 6.82. The summed E-state index contributed by atoms with van der Waals surface area (Å²) >= 11 is 0. The molecule has 0 spiro atoms. The Kier molecular flexibility index (Phi) is 5.39. The Morgan fingerprint density at radius 2 is 2.07 bits per heavy atom. The van der Waals surface area contributed by atoms with Crippen molar-refractivity contribution in [2.75, 3.05) is 5.32 Å². The number of amides is 1. The minimum Gasteiger partial charge on any atom is -0.506 e. The van der Waals surface area contributed by atoms with E-state index in [1.807, 2.05) is 13.8 Å². The minimum atomic E-state index is -1.11. The van der Waals surface area contributed by atoms with Gasteiger partial charge in [0.05, 0.1) is 11.9 Å². The first-order valence-electron chi connectivity index (χ1n) is 8.56. The molecule has 0 unspecified atom stereocenters. The number of hydrogen-bond donors (Lipinski definition) is 3. The van der Waals surface area contributed by atoms with Crippen LogP contribution in [0.5, 0.6) is 5.75 Å². The number of aromatic nitrogens is 4. The van der Waals surface area contributed by atoms with Gasteiger partial charge in [-0.25, -0.2) is 9.78 Å². The van der Waals surface area contributed by atoms with Crippen LogP contribution in [0.25, 0.3) is 11.5 Å². The van der Waals surface area contributed by atoms with Crippen LogP contribution in [0.15, 0.2) is 35.2 Å². The van der Waals surface area contributed by atoms with Crippen molar-refractivity contribution in [3.8, 4) is 17.3 Å². The van der Waals surface area contributed by atoms with Crippen molar-refractivity contribution in [2.24, 2.45) is 0 Å². The van der Waals surface area contributed by atoms with Crippen molar-refractivity contribution in [1.82, 2.24) is 19.7 Å². The van der Waals surface area contributed by atoms with Gasteiger partial charge in [0.1, 0.15) is 17.0 Å². The first-order chi connectivity index (χ1) is 13.3. The van der Waals surface area contributed by atoms with Crippen molar-refractivity contribution in [3.63, 3.8) is 0 Å². The number of carbonyl (C=O) groups is 2. The monoisotopic (exact) mass is 385 g/mol. The lowest BCUT2D eigenvalue weighted by molar-refractivity contribution is -0.116. The van der Waals surface area contributed by atoms with Crippen LogP contribution >= 0.6 is 0 Å². The maximum Gasteiger partial charge on any atom is 0.339 e. The Morgan fingerprint density at radius 1 is 1.29 bits per heavy atom. The van der Waals surface area contributed by atoms with E-state index in [9.17, 15) is 19.8 Å². The number of rotatable bonds is 7. The lowest BCUT2D eigenvalue weighted by Gasteiger charge is -2.05. The van der Waals surface area contributed by atoms with Crippen molar-refractivity contribution in [3.05, 3.63) is 42.2 Å². The predicted octanol–water partition coefficient (Wildman–Crippen LogP) is 2.49. The molecule has 0 saturated carbocycles. The molecule has 0 aliphatic heterocycles. The number of nitrogens with one attached hydrogen (secondary N) is 1. The Bertz CT molecular complexity index is 990. The summed E-state index contributed by atoms with van der Waals surface area (Å²) in [7, 11) is 0. The van der Waals surface area contributed by atoms with Crippen LogP contribution < -0.4 is 5.32 Å². The quantitative estimate of drug-likeness (QED) is 0.563. The van der Waals surface area contributed by atoms with Gasteiger partial charge in [-0.3, -0.25) is 4.79 Å². The van der Waals surface area contributed by atoms with Gasteiger partial charge < -0.3 is 24.6 Å². The molecule has 3 N–H and O–H groups in total. The molecule has 0 atom stereocenters. The summed E-state index contributed by atoms with van der Waals surface area (Å²) in [6.07, 6.45) is 4.56. The number of hydrogen-bond acceptors (Lipinski definition) is 7. The zero-order valence-corrected chi connectivity index (χ0v) is 15.3. The van der Waals surface area contributed by atoms with E-state index >= 15 is 0 Å². The second-order valence-corrected chi connectivity index (χ2v) is 6.39. The highest BCUT2D eigenvalue weighted by Gasteiger charge is 2.17. The molecule has 28 heavy (non-hydrogen) atoms. The van der Waals surface area contributed by atoms with Gasteiger partial charge in [-0.15, -0.1) is 0 Å². The smallest absolute Gasteiger partial charge is 0.339 e. The molecule has 3 heterocycles. The summed E-state index contributed by atoms with van der Waals surface area (Å²) in [6.45, 7) is 3.82. The molecule has 146 valence electrons. The molecule has 0 aliphatic rings. The third kappa shape index (κ3) is 4.34. The average Bonchev–Trinajstić information content (AvgIpc) is 3.28. The van der Waals surface area contributed by atoms with Gasteiger partial charge in [-0.1, -0.05) is 5.16 Å². The van der Waals surface area contributed by atoms with Gasteiger partial charge in [0.25, 0.3) is 0 Å². The number of carboxylic acid groups (broad SMARTS) is 1. The molecule has 3 aromatic rings. The van der Waals surface area contributed by atoms with E-state index < -0.39 is 5.97 Å². The van der Waals surface area contributed by atoms with E-state index in [-0.39, 0.29) is 53.5 Å². The van der Waals surface area contributed by atoms with Crippen LogP contribution in [0.1, 0.15) is 42.6 Å². The third-order valence-corrected chi connectivity index (χ3v) is 3.96. The van der Waals surface area contributed by atoms with E-state index in [1.165, 1.54) is 18.5 Å². The third-order valence-electron chi connectivity index (χ3n) is 3.96. The molecule has 0 fully saturated rings. The number of carboxylic acids is 1. The van der Waals surface area contributed by atoms with Crippen molar-refractivity contribution < 1.29 is 24.3 Å². The standard InChI is InChI=1S/C18H19N5O5/c1-10(2)23-8-12(18(26)27)14(9-23)20-15(25)5-6-16-21-17(22-28-16)13-4-3-11(24)7-19-13/h3-4,7-10,24H,5-6H2,1-2H3,(H,20,25)(H,26,27). The number of pyridine rings is 1. The number of anilines is 1. The topological polar surface area (TPSA) is 143 Å². The number of aromatic hydroxyl groups is 1. The maximum absolute atomic E-state index is 12.2. The van der Waals surface area contributed by atoms with Crippen LogP contribution in [0.2, 0.25) is 0 Å². The Hall–Kier alpha value is -3.69. The number of aromatic carboxylic acids is 1. The van der Waals surface area contributed by atoms with Gasteiger partial charge in [0.15, 0.2) is 0 Å². The van der Waals surface area contributed by atoms with Crippen molar-refractivity contribution in [2.45, 2.75) is 32.7 Å². The van der Waals surface area contributed by atoms with Crippen LogP contribution in [-0.2, 0) is 11.2 Å². The summed E-state index contributed by atoms with van der Waals surface area (Å²) in [6, 6.07) is 3.06. The van der Waals surface area contributed by atoms with Crippen LogP contribution in [0.4, 0.5) is 5.69 Å². The van der Waals surface area contributed by atoms with Crippen molar-refractivity contribution in [1.29, 1.82) is 0 Å². The van der Waals surface area contributed by atoms with Crippen LogP contribution in [0, 0.1) is 0 Å². The molecule has 0 aliphatic carbocycles. The molecule has 0 aromatic carbocycles. The maximum atomic E-state index is 12.2. The highest BCUT2D eigenvalue weighted by molar-refractivity contribution is 6.00. The normalized spacial score (nSPS) is 11.0. The molecule has 0 bridgehead atoms. The molecule has 0 radical (unpaired) electrons. The molecular formula is C18H19N5O5. The number of carbonyl (C=O) groups excluding carboxylic acids is 1. The van der Waals surface area contributed by atoms with E-state index in [4.69, 9.17) is 4.52 Å². The SMILES string of the molecule is CC(C)n1cc(NC(=O)CCc2nc(-c3ccc(O)cn3)no2)c(C(=O)O)c1. The molecule has 3 aromatic heterocycles. The average molecular weight is 385 g/mol. The van der Waals surface area contributed by atoms with E-state index in [2.05, 4.69) is 20.4 Å². The fourth-order valence-electron chi connectivity index (χ4n) is 2.45. The fraction of sp³-hybridized carbons (Fsp3) is 0.278. The fourth-order valence-corrected chi connectivity index (χ4v) is 2.45. The summed E-state index contributed by atoms with van der Waals surface area (Å²) in [5.41, 5.74) is 0.699. The second kappa shape index (κ2) is 7.91. The van der Waals surface area contributed by atoms with E-state index in [1.54, 1.807) is 16.8 Å². The zero-order chi connectivity index (χ0) is 20.3. The van der Waals surface area contributed by atoms with E-state index in [0.717, 1.165) is 0 Å². The van der Waals surface area contributed by atoms with Gasteiger partial charge in [-0.05, 0) is 26.0 Å². The first kappa shape index (κ1) is 19.1. The zero-order valence-electron chi connectivity index (χ0n) is 15.3. The van der Waals surface area contributed by atoms with Crippen molar-refractivity contribution >= 4 is 17.6 Å².